The molecule has 19 heavy (non-hydrogen) atoms. The van der Waals surface area contributed by atoms with Gasteiger partial charge in [-0.15, -0.1) is 5.10 Å². The van der Waals surface area contributed by atoms with E-state index in [0.29, 0.717) is 12.4 Å². The summed E-state index contributed by atoms with van der Waals surface area (Å²) < 4.78 is 33.2. The molecule has 2 heterocycles. The van der Waals surface area contributed by atoms with Crippen molar-refractivity contribution in [1.29, 1.82) is 0 Å². The van der Waals surface area contributed by atoms with Crippen LogP contribution in [0.2, 0.25) is 0 Å². The summed E-state index contributed by atoms with van der Waals surface area (Å²) in [5.41, 5.74) is 0. The summed E-state index contributed by atoms with van der Waals surface area (Å²) in [7, 11) is -3.66. The zero-order chi connectivity index (χ0) is 13.9. The van der Waals surface area contributed by atoms with E-state index in [1.54, 1.807) is 0 Å². The Labute approximate surface area is 112 Å². The molecule has 0 aromatic carbocycles. The molecular weight excluding hydrogens is 270 g/mol. The molecule has 2 rings (SSSR count). The van der Waals surface area contributed by atoms with E-state index in [1.165, 1.54) is 0 Å². The smallest absolute Gasteiger partial charge is 0.330 e. The quantitative estimate of drug-likeness (QED) is 0.699. The molecule has 0 bridgehead atoms. The standard InChI is InChI=1S/C10H19N5O3S/c1-7(2)6-12-19(16,17)15-10-14-13-9(18-10)8-4-3-5-11-8/h7-8,11-12H,3-6H2,1-2H3,(H,14,15). The molecular formula is C10H19N5O3S. The third kappa shape index (κ3) is 4.15. The Morgan fingerprint density at radius 1 is 1.47 bits per heavy atom. The van der Waals surface area contributed by atoms with Gasteiger partial charge in [0, 0.05) is 6.54 Å². The van der Waals surface area contributed by atoms with Crippen molar-refractivity contribution in [3.8, 4) is 0 Å². The van der Waals surface area contributed by atoms with E-state index in [-0.39, 0.29) is 18.0 Å². The van der Waals surface area contributed by atoms with Crippen molar-refractivity contribution in [3.63, 3.8) is 0 Å². The highest BCUT2D eigenvalue weighted by Crippen LogP contribution is 2.22. The lowest BCUT2D eigenvalue weighted by Gasteiger charge is -2.08. The second-order valence-corrected chi connectivity index (χ2v) is 6.44. The lowest BCUT2D eigenvalue weighted by molar-refractivity contribution is 0.439. The maximum absolute atomic E-state index is 11.7. The Kier molecular flexibility index (Phi) is 4.38. The molecule has 8 nitrogen and oxygen atoms in total. The third-order valence-corrected chi connectivity index (χ3v) is 3.69. The zero-order valence-electron chi connectivity index (χ0n) is 11.0. The number of nitrogens with one attached hydrogen (secondary N) is 3. The van der Waals surface area contributed by atoms with Gasteiger partial charge >= 0.3 is 16.2 Å². The van der Waals surface area contributed by atoms with E-state index in [1.807, 2.05) is 13.8 Å². The molecule has 1 saturated heterocycles. The lowest BCUT2D eigenvalue weighted by Crippen LogP contribution is -2.32. The van der Waals surface area contributed by atoms with Crippen LogP contribution >= 0.6 is 0 Å². The molecule has 0 aliphatic carbocycles. The SMILES string of the molecule is CC(C)CNS(=O)(=O)Nc1nnc(C2CCCN2)o1. The Hall–Kier alpha value is -1.19. The Balaban J connectivity index is 1.95. The summed E-state index contributed by atoms with van der Waals surface area (Å²) in [6.45, 7) is 5.09. The van der Waals surface area contributed by atoms with E-state index in [0.717, 1.165) is 19.4 Å². The Morgan fingerprint density at radius 3 is 2.89 bits per heavy atom. The maximum Gasteiger partial charge on any atom is 0.330 e. The number of hydrogen-bond donors (Lipinski definition) is 3. The van der Waals surface area contributed by atoms with Gasteiger partial charge in [-0.1, -0.05) is 18.9 Å². The topological polar surface area (TPSA) is 109 Å². The first-order chi connectivity index (χ1) is 8.96. The molecule has 1 atom stereocenters. The number of nitrogens with zero attached hydrogens (tertiary/aromatic N) is 2. The third-order valence-electron chi connectivity index (χ3n) is 2.70. The molecule has 1 aliphatic heterocycles. The highest BCUT2D eigenvalue weighted by molar-refractivity contribution is 7.90. The van der Waals surface area contributed by atoms with Crippen LogP contribution in [0.25, 0.3) is 0 Å². The fraction of sp³-hybridized carbons (Fsp3) is 0.800. The van der Waals surface area contributed by atoms with Crippen LogP contribution < -0.4 is 14.8 Å². The van der Waals surface area contributed by atoms with Crippen LogP contribution in [0.4, 0.5) is 6.01 Å². The minimum Gasteiger partial charge on any atom is -0.406 e. The highest BCUT2D eigenvalue weighted by atomic mass is 32.2. The van der Waals surface area contributed by atoms with Crippen molar-refractivity contribution < 1.29 is 12.8 Å². The van der Waals surface area contributed by atoms with Crippen molar-refractivity contribution in [2.24, 2.45) is 5.92 Å². The van der Waals surface area contributed by atoms with Crippen LogP contribution in [-0.2, 0) is 10.2 Å². The molecule has 1 aromatic rings. The van der Waals surface area contributed by atoms with Gasteiger partial charge in [0.05, 0.1) is 6.04 Å². The van der Waals surface area contributed by atoms with E-state index >= 15 is 0 Å². The summed E-state index contributed by atoms with van der Waals surface area (Å²) in [5, 5.41) is 10.7. The molecule has 0 radical (unpaired) electrons. The molecule has 0 amide bonds. The van der Waals surface area contributed by atoms with Crippen LogP contribution in [0.1, 0.15) is 38.6 Å². The fourth-order valence-corrected chi connectivity index (χ4v) is 2.68. The van der Waals surface area contributed by atoms with E-state index in [4.69, 9.17) is 4.42 Å². The minimum atomic E-state index is -3.66. The van der Waals surface area contributed by atoms with Crippen molar-refractivity contribution in [1.82, 2.24) is 20.2 Å². The summed E-state index contributed by atoms with van der Waals surface area (Å²) in [6.07, 6.45) is 1.96. The largest absolute Gasteiger partial charge is 0.406 e. The summed E-state index contributed by atoms with van der Waals surface area (Å²) in [6, 6.07) is -0.0886. The number of aromatic nitrogens is 2. The van der Waals surface area contributed by atoms with Crippen LogP contribution in [0, 0.1) is 5.92 Å². The van der Waals surface area contributed by atoms with Crippen molar-refractivity contribution in [2.75, 3.05) is 17.8 Å². The summed E-state index contributed by atoms with van der Waals surface area (Å²) in [5.74, 6) is 0.636. The monoisotopic (exact) mass is 289 g/mol. The van der Waals surface area contributed by atoms with E-state index in [9.17, 15) is 8.42 Å². The highest BCUT2D eigenvalue weighted by Gasteiger charge is 2.23. The molecule has 108 valence electrons. The first-order valence-corrected chi connectivity index (χ1v) is 7.79. The van der Waals surface area contributed by atoms with Crippen LogP contribution in [0.15, 0.2) is 4.42 Å². The normalized spacial score (nSPS) is 20.1. The average Bonchev–Trinajstić information content (AvgIpc) is 2.95. The van der Waals surface area contributed by atoms with Crippen molar-refractivity contribution in [2.45, 2.75) is 32.7 Å². The first kappa shape index (κ1) is 14.2. The van der Waals surface area contributed by atoms with Gasteiger partial charge in [0.1, 0.15) is 0 Å². The van der Waals surface area contributed by atoms with Gasteiger partial charge in [0.25, 0.3) is 0 Å². The van der Waals surface area contributed by atoms with Gasteiger partial charge in [-0.05, 0) is 25.3 Å². The minimum absolute atomic E-state index is 0.0226. The Morgan fingerprint density at radius 2 is 2.26 bits per heavy atom. The van der Waals surface area contributed by atoms with Gasteiger partial charge in [-0.3, -0.25) is 0 Å². The van der Waals surface area contributed by atoms with Gasteiger partial charge in [-0.25, -0.2) is 4.72 Å². The zero-order valence-corrected chi connectivity index (χ0v) is 11.8. The number of anilines is 1. The molecule has 9 heteroatoms. The summed E-state index contributed by atoms with van der Waals surface area (Å²) >= 11 is 0. The molecule has 1 aromatic heterocycles. The summed E-state index contributed by atoms with van der Waals surface area (Å²) in [4.78, 5) is 0. The first-order valence-electron chi connectivity index (χ1n) is 6.30. The van der Waals surface area contributed by atoms with E-state index in [2.05, 4.69) is 25.0 Å². The molecule has 3 N–H and O–H groups in total. The molecule has 1 fully saturated rings. The van der Waals surface area contributed by atoms with Gasteiger partial charge in [0.15, 0.2) is 0 Å². The van der Waals surface area contributed by atoms with Gasteiger partial charge < -0.3 is 9.73 Å². The van der Waals surface area contributed by atoms with Crippen molar-refractivity contribution in [3.05, 3.63) is 5.89 Å². The van der Waals surface area contributed by atoms with Gasteiger partial charge in [-0.2, -0.15) is 13.1 Å². The number of rotatable bonds is 6. The van der Waals surface area contributed by atoms with Crippen LogP contribution in [0.5, 0.6) is 0 Å². The molecule has 1 unspecified atom stereocenters. The van der Waals surface area contributed by atoms with Crippen LogP contribution in [-0.4, -0.2) is 31.7 Å². The fourth-order valence-electron chi connectivity index (χ4n) is 1.74. The van der Waals surface area contributed by atoms with E-state index < -0.39 is 10.2 Å². The second-order valence-electron chi connectivity index (χ2n) is 4.94. The molecule has 0 saturated carbocycles. The Bertz CT molecular complexity index is 507. The van der Waals surface area contributed by atoms with Crippen LogP contribution in [0.3, 0.4) is 0 Å². The average molecular weight is 289 g/mol. The maximum atomic E-state index is 11.7. The molecule has 1 aliphatic rings. The predicted octanol–water partition coefficient (Wildman–Crippen LogP) is 0.396. The predicted molar refractivity (Wildman–Crippen MR) is 69.7 cm³/mol. The lowest BCUT2D eigenvalue weighted by atomic mass is 10.2. The van der Waals surface area contributed by atoms with Crippen molar-refractivity contribution >= 4 is 16.2 Å². The van der Waals surface area contributed by atoms with Gasteiger partial charge in [0.2, 0.25) is 5.89 Å². The molecule has 0 spiro atoms. The second kappa shape index (κ2) is 5.85. The number of hydrogen-bond acceptors (Lipinski definition) is 6.